The van der Waals surface area contributed by atoms with Gasteiger partial charge in [0, 0.05) is 6.20 Å². The molecular weight excluding hydrogens is 189 g/mol. The molecule has 0 amide bonds. The summed E-state index contributed by atoms with van der Waals surface area (Å²) in [5, 5.41) is 2.93. The van der Waals surface area contributed by atoms with Gasteiger partial charge in [0.1, 0.15) is 5.69 Å². The molecule has 6 heteroatoms. The third-order valence-corrected chi connectivity index (χ3v) is 1.53. The molecule has 0 radical (unpaired) electrons. The number of hydrogen-bond donors (Lipinski definition) is 1. The topological polar surface area (TPSA) is 17.8 Å². The Balaban J connectivity index is 3.08. The summed E-state index contributed by atoms with van der Waals surface area (Å²) in [6.45, 7) is 1.52. The molecule has 0 spiro atoms. The predicted molar refractivity (Wildman–Crippen MR) is 40.9 cm³/mol. The molecule has 0 aliphatic heterocycles. The Kier molecular flexibility index (Phi) is 2.36. The first-order valence-corrected chi connectivity index (χ1v) is 3.73. The molecule has 2 nitrogen and oxygen atoms in total. The first kappa shape index (κ1) is 9.44. The van der Waals surface area contributed by atoms with Crippen LogP contribution in [0.2, 0.25) is 0 Å². The van der Waals surface area contributed by atoms with Crippen LogP contribution in [-0.4, -0.2) is 9.78 Å². The summed E-state index contributed by atoms with van der Waals surface area (Å²) in [4.78, 5) is 0. The standard InChI is InChI=1S/C6H7F3N2S/c1-4(12)11-5(2-3-10-11)6(7,8)9/h2-4,12H,1H3. The zero-order chi connectivity index (χ0) is 9.35. The van der Waals surface area contributed by atoms with Crippen molar-refractivity contribution < 1.29 is 13.2 Å². The number of rotatable bonds is 1. The second-order valence-electron chi connectivity index (χ2n) is 2.29. The molecule has 0 saturated heterocycles. The van der Waals surface area contributed by atoms with Crippen LogP contribution >= 0.6 is 12.6 Å². The summed E-state index contributed by atoms with van der Waals surface area (Å²) in [6.07, 6.45) is -3.25. The van der Waals surface area contributed by atoms with Crippen molar-refractivity contribution in [3.63, 3.8) is 0 Å². The molecule has 0 bridgehead atoms. The number of thiol groups is 1. The molecule has 1 rings (SSSR count). The van der Waals surface area contributed by atoms with Crippen LogP contribution in [0.25, 0.3) is 0 Å². The highest BCUT2D eigenvalue weighted by molar-refractivity contribution is 7.80. The van der Waals surface area contributed by atoms with E-state index >= 15 is 0 Å². The van der Waals surface area contributed by atoms with Crippen LogP contribution in [-0.2, 0) is 6.18 Å². The minimum Gasteiger partial charge on any atom is -0.248 e. The van der Waals surface area contributed by atoms with Gasteiger partial charge in [-0.25, -0.2) is 4.68 Å². The van der Waals surface area contributed by atoms with Crippen LogP contribution in [0.5, 0.6) is 0 Å². The number of nitrogens with zero attached hydrogens (tertiary/aromatic N) is 2. The lowest BCUT2D eigenvalue weighted by Gasteiger charge is -2.11. The van der Waals surface area contributed by atoms with Gasteiger partial charge in [0.2, 0.25) is 0 Å². The van der Waals surface area contributed by atoms with Gasteiger partial charge in [0.25, 0.3) is 0 Å². The van der Waals surface area contributed by atoms with Crippen LogP contribution in [0, 0.1) is 0 Å². The van der Waals surface area contributed by atoms with Crippen molar-refractivity contribution in [2.24, 2.45) is 0 Å². The van der Waals surface area contributed by atoms with Gasteiger partial charge in [-0.3, -0.25) is 0 Å². The van der Waals surface area contributed by atoms with Crippen LogP contribution in [0.1, 0.15) is 18.0 Å². The van der Waals surface area contributed by atoms with Gasteiger partial charge in [-0.2, -0.15) is 30.9 Å². The Morgan fingerprint density at radius 2 is 2.17 bits per heavy atom. The first-order valence-electron chi connectivity index (χ1n) is 3.21. The summed E-state index contributed by atoms with van der Waals surface area (Å²) in [5.41, 5.74) is -0.773. The third kappa shape index (κ3) is 1.74. The van der Waals surface area contributed by atoms with Gasteiger partial charge in [-0.15, -0.1) is 0 Å². The maximum Gasteiger partial charge on any atom is 0.433 e. The smallest absolute Gasteiger partial charge is 0.248 e. The minimum atomic E-state index is -4.35. The van der Waals surface area contributed by atoms with E-state index in [1.54, 1.807) is 0 Å². The van der Waals surface area contributed by atoms with Gasteiger partial charge < -0.3 is 0 Å². The summed E-state index contributed by atoms with van der Waals surface area (Å²) in [6, 6.07) is 0.923. The highest BCUT2D eigenvalue weighted by Gasteiger charge is 2.35. The molecule has 0 N–H and O–H groups in total. The molecule has 1 aromatic rings. The summed E-state index contributed by atoms with van der Waals surface area (Å²) >= 11 is 3.86. The molecule has 68 valence electrons. The molecule has 1 unspecified atom stereocenters. The maximum atomic E-state index is 12.1. The highest BCUT2D eigenvalue weighted by atomic mass is 32.1. The zero-order valence-corrected chi connectivity index (χ0v) is 7.10. The van der Waals surface area contributed by atoms with E-state index in [4.69, 9.17) is 0 Å². The van der Waals surface area contributed by atoms with E-state index in [1.807, 2.05) is 0 Å². The lowest BCUT2D eigenvalue weighted by molar-refractivity contribution is -0.144. The highest BCUT2D eigenvalue weighted by Crippen LogP contribution is 2.30. The number of aromatic nitrogens is 2. The lowest BCUT2D eigenvalue weighted by Crippen LogP contribution is -2.15. The quantitative estimate of drug-likeness (QED) is 0.682. The van der Waals surface area contributed by atoms with E-state index < -0.39 is 17.2 Å². The van der Waals surface area contributed by atoms with E-state index in [-0.39, 0.29) is 0 Å². The molecule has 0 fully saturated rings. The molecule has 1 heterocycles. The van der Waals surface area contributed by atoms with Gasteiger partial charge in [-0.1, -0.05) is 0 Å². The van der Waals surface area contributed by atoms with Crippen molar-refractivity contribution >= 4 is 12.6 Å². The minimum absolute atomic E-state index is 0.573. The first-order chi connectivity index (χ1) is 5.43. The molecule has 1 atom stereocenters. The number of alkyl halides is 3. The van der Waals surface area contributed by atoms with Crippen molar-refractivity contribution in [2.75, 3.05) is 0 Å². The Hall–Kier alpha value is -0.650. The monoisotopic (exact) mass is 196 g/mol. The van der Waals surface area contributed by atoms with Crippen LogP contribution < -0.4 is 0 Å². The fourth-order valence-electron chi connectivity index (χ4n) is 0.836. The van der Waals surface area contributed by atoms with E-state index in [0.29, 0.717) is 0 Å². The van der Waals surface area contributed by atoms with Crippen molar-refractivity contribution in [1.82, 2.24) is 9.78 Å². The van der Waals surface area contributed by atoms with E-state index in [1.165, 1.54) is 6.92 Å². The van der Waals surface area contributed by atoms with Crippen molar-refractivity contribution in [2.45, 2.75) is 18.5 Å². The van der Waals surface area contributed by atoms with Gasteiger partial charge >= 0.3 is 6.18 Å². The Labute approximate surface area is 72.8 Å². The van der Waals surface area contributed by atoms with E-state index in [2.05, 4.69) is 17.7 Å². The normalized spacial score (nSPS) is 14.8. The van der Waals surface area contributed by atoms with Gasteiger partial charge in [-0.05, 0) is 13.0 Å². The lowest BCUT2D eigenvalue weighted by atomic mass is 10.4. The third-order valence-electron chi connectivity index (χ3n) is 1.31. The average Bonchev–Trinajstić information content (AvgIpc) is 2.30. The fraction of sp³-hybridized carbons (Fsp3) is 0.500. The van der Waals surface area contributed by atoms with Crippen LogP contribution in [0.15, 0.2) is 12.3 Å². The van der Waals surface area contributed by atoms with E-state index in [9.17, 15) is 13.2 Å². The van der Waals surface area contributed by atoms with Crippen molar-refractivity contribution in [1.29, 1.82) is 0 Å². The molecule has 0 aliphatic rings. The van der Waals surface area contributed by atoms with Crippen LogP contribution in [0.4, 0.5) is 13.2 Å². The summed E-state index contributed by atoms with van der Waals surface area (Å²) in [7, 11) is 0. The SMILES string of the molecule is CC(S)n1nccc1C(F)(F)F. The Morgan fingerprint density at radius 1 is 1.58 bits per heavy atom. The molecule has 12 heavy (non-hydrogen) atoms. The van der Waals surface area contributed by atoms with Gasteiger partial charge in [0.15, 0.2) is 0 Å². The molecule has 0 aliphatic carbocycles. The zero-order valence-electron chi connectivity index (χ0n) is 6.21. The molecule has 0 saturated carbocycles. The van der Waals surface area contributed by atoms with Gasteiger partial charge in [0.05, 0.1) is 5.37 Å². The second-order valence-corrected chi connectivity index (χ2v) is 3.04. The maximum absolute atomic E-state index is 12.1. The van der Waals surface area contributed by atoms with Crippen molar-refractivity contribution in [3.8, 4) is 0 Å². The average molecular weight is 196 g/mol. The largest absolute Gasteiger partial charge is 0.433 e. The molecule has 1 aromatic heterocycles. The fourth-order valence-corrected chi connectivity index (χ4v) is 1.02. The number of hydrogen-bond acceptors (Lipinski definition) is 2. The van der Waals surface area contributed by atoms with E-state index in [0.717, 1.165) is 16.9 Å². The Bertz CT molecular complexity index is 266. The van der Waals surface area contributed by atoms with Crippen LogP contribution in [0.3, 0.4) is 0 Å². The second kappa shape index (κ2) is 3.01. The Morgan fingerprint density at radius 3 is 2.50 bits per heavy atom. The summed E-state index contributed by atoms with van der Waals surface area (Å²) in [5.74, 6) is 0. The number of halogens is 3. The molecule has 0 aromatic carbocycles. The predicted octanol–water partition coefficient (Wildman–Crippen LogP) is 2.35. The molecular formula is C6H7F3N2S. The summed E-state index contributed by atoms with van der Waals surface area (Å²) < 4.78 is 37.3. The van der Waals surface area contributed by atoms with Crippen molar-refractivity contribution in [3.05, 3.63) is 18.0 Å².